The zero-order valence-corrected chi connectivity index (χ0v) is 8.38. The van der Waals surface area contributed by atoms with Crippen LogP contribution in [0.3, 0.4) is 0 Å². The number of aryl methyl sites for hydroxylation is 1. The van der Waals surface area contributed by atoms with Crippen molar-refractivity contribution in [3.63, 3.8) is 0 Å². The maximum Gasteiger partial charge on any atom is 0.276 e. The van der Waals surface area contributed by atoms with Gasteiger partial charge in [-0.1, -0.05) is 6.07 Å². The van der Waals surface area contributed by atoms with Crippen molar-refractivity contribution in [1.82, 2.24) is 19.7 Å². The Labute approximate surface area is 90.1 Å². The molecule has 0 aliphatic rings. The monoisotopic (exact) mass is 221 g/mol. The molecule has 2 aromatic heterocycles. The summed E-state index contributed by atoms with van der Waals surface area (Å²) in [5.74, 6) is -0.961. The van der Waals surface area contributed by atoms with Gasteiger partial charge in [-0.2, -0.15) is 14.5 Å². The Bertz CT molecular complexity index is 524. The summed E-state index contributed by atoms with van der Waals surface area (Å²) in [4.78, 5) is 18.8. The maximum absolute atomic E-state index is 12.8. The summed E-state index contributed by atoms with van der Waals surface area (Å²) < 4.78 is 14.1. The summed E-state index contributed by atoms with van der Waals surface area (Å²) in [6.07, 6.45) is 1.30. The zero-order chi connectivity index (χ0) is 11.5. The fourth-order valence-electron chi connectivity index (χ4n) is 1.11. The third-order valence-electron chi connectivity index (χ3n) is 1.88. The molecule has 0 unspecified atom stereocenters. The quantitative estimate of drug-likeness (QED) is 0.754. The van der Waals surface area contributed by atoms with E-state index in [-0.39, 0.29) is 11.6 Å². The van der Waals surface area contributed by atoms with Crippen LogP contribution in [0, 0.1) is 5.95 Å². The van der Waals surface area contributed by atoms with E-state index in [2.05, 4.69) is 20.4 Å². The van der Waals surface area contributed by atoms with Gasteiger partial charge in [-0.3, -0.25) is 10.1 Å². The molecule has 0 fully saturated rings. The summed E-state index contributed by atoms with van der Waals surface area (Å²) in [6.45, 7) is 0. The molecule has 0 atom stereocenters. The lowest BCUT2D eigenvalue weighted by Gasteiger charge is -2.02. The van der Waals surface area contributed by atoms with E-state index in [1.54, 1.807) is 7.05 Å². The van der Waals surface area contributed by atoms with Crippen LogP contribution in [0.2, 0.25) is 0 Å². The summed E-state index contributed by atoms with van der Waals surface area (Å²) in [7, 11) is 1.63. The SMILES string of the molecule is Cn1ncnc1NC(=O)c1cccc(F)n1. The van der Waals surface area contributed by atoms with E-state index in [0.29, 0.717) is 0 Å². The standard InChI is InChI=1S/C9H8FN5O/c1-15-9(11-5-12-15)14-8(16)6-3-2-4-7(10)13-6/h2-5H,1H3,(H,11,12,14,16). The minimum absolute atomic E-state index is 0.0111. The van der Waals surface area contributed by atoms with Gasteiger partial charge in [0.1, 0.15) is 12.0 Å². The second-order valence-electron chi connectivity index (χ2n) is 3.01. The molecule has 0 saturated heterocycles. The Morgan fingerprint density at radius 1 is 1.50 bits per heavy atom. The summed E-state index contributed by atoms with van der Waals surface area (Å²) in [5, 5.41) is 6.23. The van der Waals surface area contributed by atoms with Gasteiger partial charge in [0.05, 0.1) is 0 Å². The molecule has 1 amide bonds. The molecule has 0 aliphatic carbocycles. The molecule has 2 aromatic rings. The first-order valence-electron chi connectivity index (χ1n) is 4.45. The summed E-state index contributed by atoms with van der Waals surface area (Å²) >= 11 is 0. The Balaban J connectivity index is 2.18. The molecular formula is C9H8FN5O. The molecule has 0 saturated carbocycles. The number of pyridine rings is 1. The highest BCUT2D eigenvalue weighted by molar-refractivity contribution is 6.01. The van der Waals surface area contributed by atoms with Crippen LogP contribution in [0.5, 0.6) is 0 Å². The van der Waals surface area contributed by atoms with E-state index in [1.807, 2.05) is 0 Å². The van der Waals surface area contributed by atoms with Crippen LogP contribution in [-0.2, 0) is 7.05 Å². The van der Waals surface area contributed by atoms with E-state index in [9.17, 15) is 9.18 Å². The number of nitrogens with zero attached hydrogens (tertiary/aromatic N) is 4. The number of aromatic nitrogens is 4. The fourth-order valence-corrected chi connectivity index (χ4v) is 1.11. The molecule has 0 aromatic carbocycles. The number of carbonyl (C=O) groups excluding carboxylic acids is 1. The van der Waals surface area contributed by atoms with E-state index < -0.39 is 11.9 Å². The first-order valence-corrected chi connectivity index (χ1v) is 4.45. The minimum Gasteiger partial charge on any atom is -0.289 e. The van der Waals surface area contributed by atoms with Gasteiger partial charge in [-0.05, 0) is 12.1 Å². The van der Waals surface area contributed by atoms with E-state index >= 15 is 0 Å². The molecule has 82 valence electrons. The van der Waals surface area contributed by atoms with Gasteiger partial charge in [0.2, 0.25) is 11.9 Å². The van der Waals surface area contributed by atoms with Crippen molar-refractivity contribution in [3.05, 3.63) is 36.2 Å². The van der Waals surface area contributed by atoms with Crippen molar-refractivity contribution in [2.75, 3.05) is 5.32 Å². The minimum atomic E-state index is -0.703. The number of amides is 1. The fraction of sp³-hybridized carbons (Fsp3) is 0.111. The zero-order valence-electron chi connectivity index (χ0n) is 8.38. The first kappa shape index (κ1) is 10.2. The second-order valence-corrected chi connectivity index (χ2v) is 3.01. The molecule has 7 heteroatoms. The Hall–Kier alpha value is -2.31. The molecular weight excluding hydrogens is 213 g/mol. The Kier molecular flexibility index (Phi) is 2.59. The van der Waals surface area contributed by atoms with Crippen LogP contribution in [-0.4, -0.2) is 25.7 Å². The summed E-state index contributed by atoms with van der Waals surface area (Å²) in [5.41, 5.74) is -0.0111. The molecule has 0 spiro atoms. The molecule has 0 bridgehead atoms. The number of nitrogens with one attached hydrogen (secondary N) is 1. The molecule has 0 aliphatic heterocycles. The lowest BCUT2D eigenvalue weighted by Crippen LogP contribution is -2.17. The van der Waals surface area contributed by atoms with Crippen LogP contribution >= 0.6 is 0 Å². The predicted molar refractivity (Wildman–Crippen MR) is 53.2 cm³/mol. The third kappa shape index (κ3) is 2.02. The highest BCUT2D eigenvalue weighted by Crippen LogP contribution is 2.03. The van der Waals surface area contributed by atoms with Gasteiger partial charge in [0, 0.05) is 7.05 Å². The van der Waals surface area contributed by atoms with Gasteiger partial charge >= 0.3 is 0 Å². The van der Waals surface area contributed by atoms with Crippen LogP contribution in [0.1, 0.15) is 10.5 Å². The van der Waals surface area contributed by atoms with Gasteiger partial charge in [0.15, 0.2) is 0 Å². The number of rotatable bonds is 2. The maximum atomic E-state index is 12.8. The highest BCUT2D eigenvalue weighted by atomic mass is 19.1. The average molecular weight is 221 g/mol. The van der Waals surface area contributed by atoms with Crippen LogP contribution in [0.25, 0.3) is 0 Å². The van der Waals surface area contributed by atoms with Crippen molar-refractivity contribution in [2.24, 2.45) is 7.05 Å². The second kappa shape index (κ2) is 4.05. The lowest BCUT2D eigenvalue weighted by molar-refractivity contribution is 0.102. The van der Waals surface area contributed by atoms with E-state index in [1.165, 1.54) is 29.2 Å². The number of carbonyl (C=O) groups is 1. The molecule has 0 radical (unpaired) electrons. The molecule has 2 heterocycles. The molecule has 16 heavy (non-hydrogen) atoms. The van der Waals surface area contributed by atoms with Crippen LogP contribution < -0.4 is 5.32 Å². The van der Waals surface area contributed by atoms with Crippen molar-refractivity contribution in [2.45, 2.75) is 0 Å². The number of hydrogen-bond acceptors (Lipinski definition) is 4. The van der Waals surface area contributed by atoms with Gasteiger partial charge < -0.3 is 0 Å². The van der Waals surface area contributed by atoms with Gasteiger partial charge in [-0.25, -0.2) is 9.67 Å². The van der Waals surface area contributed by atoms with Crippen molar-refractivity contribution in [1.29, 1.82) is 0 Å². The van der Waals surface area contributed by atoms with Crippen LogP contribution in [0.15, 0.2) is 24.5 Å². The molecule has 1 N–H and O–H groups in total. The van der Waals surface area contributed by atoms with Crippen molar-refractivity contribution < 1.29 is 9.18 Å². The van der Waals surface area contributed by atoms with Gasteiger partial charge in [0.25, 0.3) is 5.91 Å². The predicted octanol–water partition coefficient (Wildman–Crippen LogP) is 0.602. The van der Waals surface area contributed by atoms with Gasteiger partial charge in [-0.15, -0.1) is 0 Å². The number of anilines is 1. The smallest absolute Gasteiger partial charge is 0.276 e. The normalized spacial score (nSPS) is 10.1. The first-order chi connectivity index (χ1) is 7.66. The highest BCUT2D eigenvalue weighted by Gasteiger charge is 2.10. The average Bonchev–Trinajstić information content (AvgIpc) is 2.64. The third-order valence-corrected chi connectivity index (χ3v) is 1.88. The lowest BCUT2D eigenvalue weighted by atomic mass is 10.3. The van der Waals surface area contributed by atoms with Crippen molar-refractivity contribution in [3.8, 4) is 0 Å². The van der Waals surface area contributed by atoms with Crippen molar-refractivity contribution >= 4 is 11.9 Å². The topological polar surface area (TPSA) is 72.7 Å². The Morgan fingerprint density at radius 3 is 2.94 bits per heavy atom. The van der Waals surface area contributed by atoms with E-state index in [0.717, 1.165) is 0 Å². The molecule has 6 nitrogen and oxygen atoms in total. The van der Waals surface area contributed by atoms with Crippen LogP contribution in [0.4, 0.5) is 10.3 Å². The van der Waals surface area contributed by atoms with E-state index in [4.69, 9.17) is 0 Å². The Morgan fingerprint density at radius 2 is 2.31 bits per heavy atom. The molecule has 2 rings (SSSR count). The largest absolute Gasteiger partial charge is 0.289 e. The summed E-state index contributed by atoms with van der Waals surface area (Å²) in [6, 6.07) is 3.99. The number of halogens is 1. The number of hydrogen-bond donors (Lipinski definition) is 1.